The Balaban J connectivity index is 2.25. The van der Waals surface area contributed by atoms with E-state index < -0.39 is 11.5 Å². The van der Waals surface area contributed by atoms with Crippen LogP contribution in [0.5, 0.6) is 0 Å². The minimum Gasteiger partial charge on any atom is -0.478 e. The van der Waals surface area contributed by atoms with Gasteiger partial charge in [0.25, 0.3) is 0 Å². The van der Waals surface area contributed by atoms with Gasteiger partial charge < -0.3 is 15.7 Å². The van der Waals surface area contributed by atoms with Crippen LogP contribution in [0, 0.1) is 3.57 Å². The first-order valence-electron chi connectivity index (χ1n) is 6.58. The SMILES string of the molecule is CCC1(C(=O)Nc2ccc(I)cc2C(=O)O)CCCN1. The quantitative estimate of drug-likeness (QED) is 0.693. The van der Waals surface area contributed by atoms with Gasteiger partial charge in [-0.25, -0.2) is 4.79 Å². The lowest BCUT2D eigenvalue weighted by Crippen LogP contribution is -2.50. The van der Waals surface area contributed by atoms with Crippen LogP contribution in [0.2, 0.25) is 0 Å². The molecule has 5 nitrogen and oxygen atoms in total. The summed E-state index contributed by atoms with van der Waals surface area (Å²) in [5, 5.41) is 15.2. The maximum absolute atomic E-state index is 12.5. The molecule has 1 aliphatic heterocycles. The van der Waals surface area contributed by atoms with E-state index in [1.165, 1.54) is 0 Å². The average molecular weight is 388 g/mol. The standard InChI is InChI=1S/C14H17IN2O3/c1-2-14(6-3-7-16-14)13(20)17-11-5-4-9(15)8-10(11)12(18)19/h4-5,8,16H,2-3,6-7H2,1H3,(H,17,20)(H,18,19). The van der Waals surface area contributed by atoms with E-state index in [4.69, 9.17) is 0 Å². The Morgan fingerprint density at radius 2 is 2.25 bits per heavy atom. The molecule has 1 aromatic carbocycles. The topological polar surface area (TPSA) is 78.4 Å². The Morgan fingerprint density at radius 1 is 1.50 bits per heavy atom. The molecular weight excluding hydrogens is 371 g/mol. The van der Waals surface area contributed by atoms with E-state index in [2.05, 4.69) is 10.6 Å². The van der Waals surface area contributed by atoms with Crippen molar-refractivity contribution >= 4 is 40.2 Å². The first kappa shape index (κ1) is 15.2. The van der Waals surface area contributed by atoms with Crippen LogP contribution in [0.4, 0.5) is 5.69 Å². The number of amides is 1. The molecular formula is C14H17IN2O3. The fraction of sp³-hybridized carbons (Fsp3) is 0.429. The van der Waals surface area contributed by atoms with Crippen LogP contribution in [-0.2, 0) is 4.79 Å². The predicted octanol–water partition coefficient (Wildman–Crippen LogP) is 2.46. The lowest BCUT2D eigenvalue weighted by Gasteiger charge is -2.27. The molecule has 6 heteroatoms. The number of hydrogen-bond acceptors (Lipinski definition) is 3. The van der Waals surface area contributed by atoms with Gasteiger partial charge >= 0.3 is 5.97 Å². The van der Waals surface area contributed by atoms with Crippen molar-refractivity contribution in [1.82, 2.24) is 5.32 Å². The fourth-order valence-corrected chi connectivity index (χ4v) is 3.00. The highest BCUT2D eigenvalue weighted by Gasteiger charge is 2.39. The van der Waals surface area contributed by atoms with Crippen molar-refractivity contribution in [1.29, 1.82) is 0 Å². The molecule has 1 unspecified atom stereocenters. The van der Waals surface area contributed by atoms with Crippen LogP contribution in [0.3, 0.4) is 0 Å². The molecule has 0 aromatic heterocycles. The molecule has 0 saturated carbocycles. The molecule has 108 valence electrons. The highest BCUT2D eigenvalue weighted by Crippen LogP contribution is 2.26. The highest BCUT2D eigenvalue weighted by atomic mass is 127. The first-order chi connectivity index (χ1) is 9.48. The zero-order valence-electron chi connectivity index (χ0n) is 11.2. The second-order valence-corrected chi connectivity index (χ2v) is 6.16. The van der Waals surface area contributed by atoms with Gasteiger partial charge in [-0.2, -0.15) is 0 Å². The van der Waals surface area contributed by atoms with Gasteiger partial charge in [0.2, 0.25) is 5.91 Å². The third-order valence-electron chi connectivity index (χ3n) is 3.74. The number of rotatable bonds is 4. The molecule has 1 heterocycles. The van der Waals surface area contributed by atoms with E-state index >= 15 is 0 Å². The molecule has 1 saturated heterocycles. The smallest absolute Gasteiger partial charge is 0.337 e. The third kappa shape index (κ3) is 2.95. The third-order valence-corrected chi connectivity index (χ3v) is 4.41. The Hall–Kier alpha value is -1.15. The summed E-state index contributed by atoms with van der Waals surface area (Å²) in [5.41, 5.74) is -0.0994. The minimum atomic E-state index is -1.04. The van der Waals surface area contributed by atoms with Crippen LogP contribution in [0.15, 0.2) is 18.2 Å². The molecule has 3 N–H and O–H groups in total. The number of anilines is 1. The second kappa shape index (κ2) is 6.09. The summed E-state index contributed by atoms with van der Waals surface area (Å²) in [6.07, 6.45) is 2.42. The molecule has 1 aliphatic rings. The summed E-state index contributed by atoms with van der Waals surface area (Å²) in [4.78, 5) is 23.7. The van der Waals surface area contributed by atoms with Crippen LogP contribution >= 0.6 is 22.6 Å². The van der Waals surface area contributed by atoms with Crippen molar-refractivity contribution in [2.24, 2.45) is 0 Å². The summed E-state index contributed by atoms with van der Waals surface area (Å²) in [6.45, 7) is 2.78. The fourth-order valence-electron chi connectivity index (χ4n) is 2.51. The number of carboxylic acid groups (broad SMARTS) is 1. The summed E-state index contributed by atoms with van der Waals surface area (Å²) >= 11 is 2.05. The maximum Gasteiger partial charge on any atom is 0.337 e. The van der Waals surface area contributed by atoms with Crippen LogP contribution in [0.25, 0.3) is 0 Å². The van der Waals surface area contributed by atoms with Gasteiger partial charge in [-0.15, -0.1) is 0 Å². The van der Waals surface area contributed by atoms with E-state index in [9.17, 15) is 14.7 Å². The Bertz CT molecular complexity index is 539. The lowest BCUT2D eigenvalue weighted by atomic mass is 9.93. The molecule has 1 amide bonds. The molecule has 1 atom stereocenters. The molecule has 1 fully saturated rings. The number of carbonyl (C=O) groups is 2. The molecule has 1 aromatic rings. The monoisotopic (exact) mass is 388 g/mol. The minimum absolute atomic E-state index is 0.120. The van der Waals surface area contributed by atoms with Gasteiger partial charge in [0.05, 0.1) is 16.8 Å². The molecule has 0 spiro atoms. The number of nitrogens with one attached hydrogen (secondary N) is 2. The van der Waals surface area contributed by atoms with E-state index in [1.807, 2.05) is 29.5 Å². The average Bonchev–Trinajstić information content (AvgIpc) is 2.90. The number of aromatic carboxylic acids is 1. The number of hydrogen-bond donors (Lipinski definition) is 3. The Morgan fingerprint density at radius 3 is 2.80 bits per heavy atom. The van der Waals surface area contributed by atoms with Crippen molar-refractivity contribution in [3.05, 3.63) is 27.3 Å². The number of halogens is 1. The zero-order chi connectivity index (χ0) is 14.8. The van der Waals surface area contributed by atoms with Crippen molar-refractivity contribution in [3.63, 3.8) is 0 Å². The predicted molar refractivity (Wildman–Crippen MR) is 85.0 cm³/mol. The Labute approximate surface area is 131 Å². The second-order valence-electron chi connectivity index (χ2n) is 4.92. The normalized spacial score (nSPS) is 21.7. The molecule has 2 rings (SSSR count). The van der Waals surface area contributed by atoms with Gasteiger partial charge in [-0.05, 0) is 66.6 Å². The van der Waals surface area contributed by atoms with Gasteiger partial charge in [0.15, 0.2) is 0 Å². The first-order valence-corrected chi connectivity index (χ1v) is 7.66. The van der Waals surface area contributed by atoms with Gasteiger partial charge in [-0.1, -0.05) is 6.92 Å². The summed E-state index contributed by atoms with van der Waals surface area (Å²) in [5.74, 6) is -1.19. The maximum atomic E-state index is 12.5. The number of carboxylic acids is 1. The van der Waals surface area contributed by atoms with Crippen LogP contribution < -0.4 is 10.6 Å². The largest absolute Gasteiger partial charge is 0.478 e. The van der Waals surface area contributed by atoms with Crippen molar-refractivity contribution in [3.8, 4) is 0 Å². The van der Waals surface area contributed by atoms with E-state index in [0.29, 0.717) is 12.1 Å². The van der Waals surface area contributed by atoms with Gasteiger partial charge in [-0.3, -0.25) is 4.79 Å². The molecule has 0 bridgehead atoms. The number of benzene rings is 1. The summed E-state index contributed by atoms with van der Waals surface area (Å²) < 4.78 is 0.821. The number of carbonyl (C=O) groups excluding carboxylic acids is 1. The highest BCUT2D eigenvalue weighted by molar-refractivity contribution is 14.1. The van der Waals surface area contributed by atoms with Crippen LogP contribution in [-0.4, -0.2) is 29.1 Å². The van der Waals surface area contributed by atoms with E-state index in [1.54, 1.807) is 18.2 Å². The van der Waals surface area contributed by atoms with Crippen molar-refractivity contribution in [2.45, 2.75) is 31.7 Å². The zero-order valence-corrected chi connectivity index (χ0v) is 13.4. The molecule has 0 radical (unpaired) electrons. The van der Waals surface area contributed by atoms with Crippen molar-refractivity contribution < 1.29 is 14.7 Å². The van der Waals surface area contributed by atoms with Crippen molar-refractivity contribution in [2.75, 3.05) is 11.9 Å². The molecule has 0 aliphatic carbocycles. The molecule has 20 heavy (non-hydrogen) atoms. The summed E-state index contributed by atoms with van der Waals surface area (Å²) in [6, 6.07) is 4.98. The van der Waals surface area contributed by atoms with E-state index in [0.717, 1.165) is 23.0 Å². The van der Waals surface area contributed by atoms with Gasteiger partial charge in [0, 0.05) is 3.57 Å². The Kier molecular flexibility index (Phi) is 4.64. The van der Waals surface area contributed by atoms with E-state index in [-0.39, 0.29) is 11.5 Å². The summed E-state index contributed by atoms with van der Waals surface area (Å²) in [7, 11) is 0. The van der Waals surface area contributed by atoms with Crippen LogP contribution in [0.1, 0.15) is 36.5 Å². The lowest BCUT2D eigenvalue weighted by molar-refractivity contribution is -0.122. The van der Waals surface area contributed by atoms with Gasteiger partial charge in [0.1, 0.15) is 0 Å².